The summed E-state index contributed by atoms with van der Waals surface area (Å²) < 4.78 is 0. The van der Waals surface area contributed by atoms with Crippen LogP contribution in [0.3, 0.4) is 0 Å². The zero-order valence-electron chi connectivity index (χ0n) is 9.74. The molecule has 78 valence electrons. The Balaban J connectivity index is 4.08. The normalized spacial score (nSPS) is 11.7. The fourth-order valence-electron chi connectivity index (χ4n) is 1.63. The lowest BCUT2D eigenvalue weighted by molar-refractivity contribution is 0.364. The summed E-state index contributed by atoms with van der Waals surface area (Å²) in [5.74, 6) is 0. The van der Waals surface area contributed by atoms with Crippen molar-refractivity contribution >= 4 is 5.71 Å². The molecule has 0 saturated heterocycles. The van der Waals surface area contributed by atoms with Gasteiger partial charge >= 0.3 is 0 Å². The second kappa shape index (κ2) is 6.17. The van der Waals surface area contributed by atoms with Crippen LogP contribution in [0.5, 0.6) is 0 Å². The molecule has 0 saturated carbocycles. The Kier molecular flexibility index (Phi) is 6.02. The molecule has 1 heteroatoms. The maximum Gasteiger partial charge on any atom is 0.0117 e. The van der Waals surface area contributed by atoms with E-state index in [-0.39, 0.29) is 5.41 Å². The third kappa shape index (κ3) is 4.44. The third-order valence-electron chi connectivity index (χ3n) is 3.07. The van der Waals surface area contributed by atoms with E-state index in [4.69, 9.17) is 5.41 Å². The van der Waals surface area contributed by atoms with Crippen LogP contribution in [-0.2, 0) is 0 Å². The molecule has 0 aromatic carbocycles. The van der Waals surface area contributed by atoms with E-state index < -0.39 is 0 Å². The Hall–Kier alpha value is -0.330. The fraction of sp³-hybridized carbons (Fsp3) is 0.917. The van der Waals surface area contributed by atoms with Gasteiger partial charge in [-0.15, -0.1) is 0 Å². The maximum atomic E-state index is 7.81. The lowest BCUT2D eigenvalue weighted by Crippen LogP contribution is -2.24. The molecule has 0 radical (unpaired) electrons. The van der Waals surface area contributed by atoms with Gasteiger partial charge in [0, 0.05) is 11.1 Å². The number of hydrogen-bond acceptors (Lipinski definition) is 1. The maximum absolute atomic E-state index is 7.81. The van der Waals surface area contributed by atoms with Gasteiger partial charge in [-0.05, 0) is 19.8 Å². The summed E-state index contributed by atoms with van der Waals surface area (Å²) in [6.07, 6.45) is 7.40. The molecular formula is C12H25N. The van der Waals surface area contributed by atoms with Crippen molar-refractivity contribution in [3.8, 4) is 0 Å². The highest BCUT2D eigenvalue weighted by Crippen LogP contribution is 2.31. The highest BCUT2D eigenvalue weighted by molar-refractivity contribution is 5.84. The van der Waals surface area contributed by atoms with E-state index in [2.05, 4.69) is 20.8 Å². The lowest BCUT2D eigenvalue weighted by atomic mass is 9.77. The van der Waals surface area contributed by atoms with Gasteiger partial charge in [-0.25, -0.2) is 0 Å². The minimum atomic E-state index is 0.187. The second-order valence-corrected chi connectivity index (χ2v) is 4.39. The summed E-state index contributed by atoms with van der Waals surface area (Å²) in [7, 11) is 0. The van der Waals surface area contributed by atoms with Gasteiger partial charge in [0.25, 0.3) is 0 Å². The molecule has 0 aromatic rings. The average molecular weight is 183 g/mol. The van der Waals surface area contributed by atoms with Crippen molar-refractivity contribution in [1.82, 2.24) is 0 Å². The fourth-order valence-corrected chi connectivity index (χ4v) is 1.63. The average Bonchev–Trinajstić information content (AvgIpc) is 2.11. The molecule has 0 bridgehead atoms. The van der Waals surface area contributed by atoms with Crippen LogP contribution in [0.1, 0.15) is 66.2 Å². The third-order valence-corrected chi connectivity index (χ3v) is 3.07. The first-order chi connectivity index (χ1) is 6.06. The van der Waals surface area contributed by atoms with Crippen molar-refractivity contribution in [2.45, 2.75) is 66.2 Å². The summed E-state index contributed by atoms with van der Waals surface area (Å²) in [4.78, 5) is 0. The van der Waals surface area contributed by atoms with Crippen LogP contribution < -0.4 is 0 Å². The van der Waals surface area contributed by atoms with Crippen molar-refractivity contribution in [3.05, 3.63) is 0 Å². The molecule has 0 aliphatic heterocycles. The van der Waals surface area contributed by atoms with Crippen LogP contribution in [0.25, 0.3) is 0 Å². The molecule has 0 aromatic heterocycles. The number of rotatable bonds is 7. The highest BCUT2D eigenvalue weighted by atomic mass is 14.5. The molecule has 0 heterocycles. The first-order valence-corrected chi connectivity index (χ1v) is 5.62. The van der Waals surface area contributed by atoms with Gasteiger partial charge in [-0.3, -0.25) is 0 Å². The summed E-state index contributed by atoms with van der Waals surface area (Å²) in [5.41, 5.74) is 1.06. The van der Waals surface area contributed by atoms with Crippen LogP contribution in [0, 0.1) is 10.8 Å². The van der Waals surface area contributed by atoms with Crippen molar-refractivity contribution in [1.29, 1.82) is 5.41 Å². The van der Waals surface area contributed by atoms with Crippen LogP contribution >= 0.6 is 0 Å². The number of hydrogen-bond donors (Lipinski definition) is 1. The predicted molar refractivity (Wildman–Crippen MR) is 60.6 cm³/mol. The molecule has 1 nitrogen and oxygen atoms in total. The van der Waals surface area contributed by atoms with E-state index in [1.807, 2.05) is 6.92 Å². The van der Waals surface area contributed by atoms with Crippen LogP contribution in [0.15, 0.2) is 0 Å². The van der Waals surface area contributed by atoms with Crippen molar-refractivity contribution < 1.29 is 0 Å². The quantitative estimate of drug-likeness (QED) is 0.565. The van der Waals surface area contributed by atoms with Crippen molar-refractivity contribution in [2.24, 2.45) is 5.41 Å². The van der Waals surface area contributed by atoms with E-state index in [0.29, 0.717) is 0 Å². The zero-order valence-corrected chi connectivity index (χ0v) is 9.74. The first kappa shape index (κ1) is 12.7. The van der Waals surface area contributed by atoms with Gasteiger partial charge in [-0.1, -0.05) is 46.5 Å². The van der Waals surface area contributed by atoms with Gasteiger partial charge in [0.15, 0.2) is 0 Å². The standard InChI is InChI=1S/C12H25N/c1-5-7-9-12(4,11(3)13)10-8-6-2/h13H,5-10H2,1-4H3. The summed E-state index contributed by atoms with van der Waals surface area (Å²) >= 11 is 0. The molecule has 0 aliphatic carbocycles. The van der Waals surface area contributed by atoms with Crippen molar-refractivity contribution in [3.63, 3.8) is 0 Å². The lowest BCUT2D eigenvalue weighted by Gasteiger charge is -2.28. The van der Waals surface area contributed by atoms with Crippen LogP contribution in [0.4, 0.5) is 0 Å². The minimum Gasteiger partial charge on any atom is -0.309 e. The molecular weight excluding hydrogens is 158 g/mol. The molecule has 0 atom stereocenters. The molecule has 0 rings (SSSR count). The predicted octanol–water partition coefficient (Wildman–Crippen LogP) is 4.41. The molecule has 0 unspecified atom stereocenters. The van der Waals surface area contributed by atoms with E-state index in [1.165, 1.54) is 38.5 Å². The van der Waals surface area contributed by atoms with Gasteiger partial charge in [-0.2, -0.15) is 0 Å². The Labute approximate surface area is 83.4 Å². The van der Waals surface area contributed by atoms with Crippen LogP contribution in [-0.4, -0.2) is 5.71 Å². The molecule has 13 heavy (non-hydrogen) atoms. The SMILES string of the molecule is CCCCC(C)(CCCC)C(C)=N. The minimum absolute atomic E-state index is 0.187. The Bertz CT molecular complexity index is 141. The Morgan fingerprint density at radius 3 is 1.69 bits per heavy atom. The smallest absolute Gasteiger partial charge is 0.0117 e. The Morgan fingerprint density at radius 1 is 1.08 bits per heavy atom. The summed E-state index contributed by atoms with van der Waals surface area (Å²) in [6.45, 7) is 8.66. The zero-order chi connectivity index (χ0) is 10.3. The topological polar surface area (TPSA) is 23.9 Å². The molecule has 0 amide bonds. The van der Waals surface area contributed by atoms with Crippen LogP contribution in [0.2, 0.25) is 0 Å². The number of nitrogens with one attached hydrogen (secondary N) is 1. The van der Waals surface area contributed by atoms with Gasteiger partial charge < -0.3 is 5.41 Å². The molecule has 0 aliphatic rings. The molecule has 0 fully saturated rings. The van der Waals surface area contributed by atoms with E-state index in [0.717, 1.165) is 5.71 Å². The largest absolute Gasteiger partial charge is 0.309 e. The second-order valence-electron chi connectivity index (χ2n) is 4.39. The molecule has 1 N–H and O–H groups in total. The first-order valence-electron chi connectivity index (χ1n) is 5.62. The van der Waals surface area contributed by atoms with E-state index in [1.54, 1.807) is 0 Å². The molecule has 0 spiro atoms. The number of unbranched alkanes of at least 4 members (excludes halogenated alkanes) is 2. The summed E-state index contributed by atoms with van der Waals surface area (Å²) in [5, 5.41) is 7.81. The van der Waals surface area contributed by atoms with Crippen molar-refractivity contribution in [2.75, 3.05) is 0 Å². The van der Waals surface area contributed by atoms with Gasteiger partial charge in [0.05, 0.1) is 0 Å². The van der Waals surface area contributed by atoms with E-state index in [9.17, 15) is 0 Å². The Morgan fingerprint density at radius 2 is 1.46 bits per heavy atom. The monoisotopic (exact) mass is 183 g/mol. The van der Waals surface area contributed by atoms with E-state index >= 15 is 0 Å². The van der Waals surface area contributed by atoms with Gasteiger partial charge in [0.1, 0.15) is 0 Å². The van der Waals surface area contributed by atoms with Gasteiger partial charge in [0.2, 0.25) is 0 Å². The summed E-state index contributed by atoms with van der Waals surface area (Å²) in [6, 6.07) is 0. The highest BCUT2D eigenvalue weighted by Gasteiger charge is 2.24.